The molecule has 0 aliphatic rings. The van der Waals surface area contributed by atoms with Gasteiger partial charge in [0.15, 0.2) is 0 Å². The second-order valence-corrected chi connectivity index (χ2v) is 0.371. The molecule has 0 atom stereocenters. The Morgan fingerprint density at radius 2 is 2.25 bits per heavy atom. The fraction of sp³-hybridized carbons (Fsp3) is 0.500. The molecule has 0 aliphatic carbocycles. The smallest absolute Gasteiger partial charge is 0.0680 e. The Hall–Kier alpha value is -0.0800. The van der Waals surface area contributed by atoms with Gasteiger partial charge in [-0.25, -0.2) is 5.90 Å². The molecule has 4 heavy (non-hydrogen) atoms. The van der Waals surface area contributed by atoms with Crippen LogP contribution in [0.2, 0.25) is 0 Å². The van der Waals surface area contributed by atoms with E-state index in [1.165, 1.54) is 0 Å². The molecule has 0 aliphatic heterocycles. The first-order valence-electron chi connectivity index (χ1n) is 1.02. The second-order valence-electron chi connectivity index (χ2n) is 0.371. The van der Waals surface area contributed by atoms with E-state index in [-0.39, 0.29) is 0 Å². The standard InChI is InChI=1S/C2H6NO/c1-2-4-3/h1-3H2. The normalized spacial score (nSPS) is 7.50. The van der Waals surface area contributed by atoms with Gasteiger partial charge in [-0.2, -0.15) is 0 Å². The van der Waals surface area contributed by atoms with Crippen LogP contribution in [0.15, 0.2) is 0 Å². The molecule has 0 heterocycles. The number of hydrogen-bond donors (Lipinski definition) is 1. The summed E-state index contributed by atoms with van der Waals surface area (Å²) in [5, 5.41) is 0. The van der Waals surface area contributed by atoms with Crippen LogP contribution < -0.4 is 5.90 Å². The van der Waals surface area contributed by atoms with E-state index in [2.05, 4.69) is 17.7 Å². The molecule has 0 aromatic rings. The maximum Gasteiger partial charge on any atom is 0.0680 e. The fourth-order valence-electron chi connectivity index (χ4n) is 0. The molecule has 0 unspecified atom stereocenters. The van der Waals surface area contributed by atoms with Crippen LogP contribution in [0.3, 0.4) is 0 Å². The van der Waals surface area contributed by atoms with Crippen molar-refractivity contribution >= 4 is 0 Å². The van der Waals surface area contributed by atoms with E-state index < -0.39 is 0 Å². The van der Waals surface area contributed by atoms with E-state index in [1.54, 1.807) is 0 Å². The van der Waals surface area contributed by atoms with Crippen molar-refractivity contribution in [3.63, 3.8) is 0 Å². The first kappa shape index (κ1) is 3.92. The summed E-state index contributed by atoms with van der Waals surface area (Å²) >= 11 is 0. The summed E-state index contributed by atoms with van der Waals surface area (Å²) in [6.07, 6.45) is 0. The molecular formula is C2H6NO. The van der Waals surface area contributed by atoms with E-state index in [0.717, 1.165) is 0 Å². The molecule has 0 bridgehead atoms. The van der Waals surface area contributed by atoms with Crippen LogP contribution in [0.1, 0.15) is 0 Å². The summed E-state index contributed by atoms with van der Waals surface area (Å²) in [5.41, 5.74) is 0. The third kappa shape index (κ3) is 1.92. The van der Waals surface area contributed by atoms with Gasteiger partial charge >= 0.3 is 0 Å². The lowest BCUT2D eigenvalue weighted by molar-refractivity contribution is 0.166. The van der Waals surface area contributed by atoms with E-state index in [0.29, 0.717) is 6.61 Å². The number of nitrogens with two attached hydrogens (primary N) is 1. The van der Waals surface area contributed by atoms with Gasteiger partial charge in [-0.15, -0.1) is 0 Å². The molecule has 0 amide bonds. The predicted octanol–water partition coefficient (Wildman–Crippen LogP) is -0.289. The van der Waals surface area contributed by atoms with Crippen LogP contribution in [-0.4, -0.2) is 6.61 Å². The van der Waals surface area contributed by atoms with Gasteiger partial charge in [0.05, 0.1) is 6.61 Å². The number of rotatable bonds is 1. The quantitative estimate of drug-likeness (QED) is 0.422. The zero-order valence-electron chi connectivity index (χ0n) is 2.40. The minimum Gasteiger partial charge on any atom is -0.305 e. The van der Waals surface area contributed by atoms with Crippen molar-refractivity contribution in [1.29, 1.82) is 0 Å². The lowest BCUT2D eigenvalue weighted by Gasteiger charge is -1.76. The molecule has 0 saturated heterocycles. The van der Waals surface area contributed by atoms with Gasteiger partial charge in [0.25, 0.3) is 0 Å². The molecule has 2 nitrogen and oxygen atoms in total. The Morgan fingerprint density at radius 3 is 2.25 bits per heavy atom. The highest BCUT2D eigenvalue weighted by Gasteiger charge is 1.52. The Labute approximate surface area is 25.5 Å². The van der Waals surface area contributed by atoms with E-state index in [1.807, 2.05) is 0 Å². The van der Waals surface area contributed by atoms with Crippen LogP contribution in [0.4, 0.5) is 0 Å². The lowest BCUT2D eigenvalue weighted by atomic mass is 10.9. The van der Waals surface area contributed by atoms with Crippen molar-refractivity contribution in [2.45, 2.75) is 0 Å². The van der Waals surface area contributed by atoms with Gasteiger partial charge in [0.1, 0.15) is 0 Å². The van der Waals surface area contributed by atoms with Crippen LogP contribution in [0.5, 0.6) is 0 Å². The summed E-state index contributed by atoms with van der Waals surface area (Å²) < 4.78 is 0. The average Bonchev–Trinajstić information content (AvgIpc) is 1.37. The SMILES string of the molecule is [CH2]CON. The third-order valence-electron chi connectivity index (χ3n) is 0.118. The van der Waals surface area contributed by atoms with Crippen LogP contribution >= 0.6 is 0 Å². The lowest BCUT2D eigenvalue weighted by Crippen LogP contribution is -1.95. The van der Waals surface area contributed by atoms with Crippen molar-refractivity contribution in [3.8, 4) is 0 Å². The molecule has 0 aromatic carbocycles. The minimum absolute atomic E-state index is 0.347. The second kappa shape index (κ2) is 2.92. The highest BCUT2D eigenvalue weighted by Crippen LogP contribution is 1.44. The van der Waals surface area contributed by atoms with Crippen molar-refractivity contribution in [3.05, 3.63) is 6.92 Å². The summed E-state index contributed by atoms with van der Waals surface area (Å²) in [5.74, 6) is 4.47. The zero-order valence-corrected chi connectivity index (χ0v) is 2.40. The summed E-state index contributed by atoms with van der Waals surface area (Å²) in [4.78, 5) is 3.93. The molecule has 1 radical (unpaired) electrons. The van der Waals surface area contributed by atoms with E-state index >= 15 is 0 Å². The van der Waals surface area contributed by atoms with Crippen molar-refractivity contribution in [2.24, 2.45) is 5.90 Å². The van der Waals surface area contributed by atoms with Gasteiger partial charge in [-0.3, -0.25) is 0 Å². The highest BCUT2D eigenvalue weighted by atomic mass is 16.6. The Morgan fingerprint density at radius 1 is 2.00 bits per heavy atom. The first-order chi connectivity index (χ1) is 1.91. The summed E-state index contributed by atoms with van der Waals surface area (Å²) in [6, 6.07) is 0. The van der Waals surface area contributed by atoms with Crippen LogP contribution in [0, 0.1) is 6.92 Å². The Bertz CT molecular complexity index is 8.00. The van der Waals surface area contributed by atoms with Gasteiger partial charge in [0, 0.05) is 0 Å². The molecule has 0 spiro atoms. The van der Waals surface area contributed by atoms with Gasteiger partial charge < -0.3 is 4.84 Å². The molecule has 0 aromatic heterocycles. The monoisotopic (exact) mass is 60.0 g/mol. The maximum absolute atomic E-state index is 4.47. The average molecular weight is 60.1 g/mol. The highest BCUT2D eigenvalue weighted by molar-refractivity contribution is 4.19. The Kier molecular flexibility index (Phi) is 2.86. The van der Waals surface area contributed by atoms with Crippen LogP contribution in [0.25, 0.3) is 0 Å². The van der Waals surface area contributed by atoms with Gasteiger partial charge in [-0.1, -0.05) is 0 Å². The largest absolute Gasteiger partial charge is 0.305 e. The van der Waals surface area contributed by atoms with Crippen molar-refractivity contribution < 1.29 is 4.84 Å². The Balaban J connectivity index is 1.97. The van der Waals surface area contributed by atoms with Gasteiger partial charge in [0.2, 0.25) is 0 Å². The van der Waals surface area contributed by atoms with Crippen LogP contribution in [-0.2, 0) is 4.84 Å². The minimum atomic E-state index is 0.347. The van der Waals surface area contributed by atoms with E-state index in [9.17, 15) is 0 Å². The molecular weight excluding hydrogens is 54.0 g/mol. The maximum atomic E-state index is 4.47. The summed E-state index contributed by atoms with van der Waals surface area (Å²) in [6.45, 7) is 3.60. The summed E-state index contributed by atoms with van der Waals surface area (Å²) in [7, 11) is 0. The molecule has 2 heteroatoms. The van der Waals surface area contributed by atoms with Crippen molar-refractivity contribution in [2.75, 3.05) is 6.61 Å². The fourth-order valence-corrected chi connectivity index (χ4v) is 0. The number of hydrogen-bond acceptors (Lipinski definition) is 2. The first-order valence-corrected chi connectivity index (χ1v) is 1.02. The zero-order chi connectivity index (χ0) is 3.41. The topological polar surface area (TPSA) is 35.2 Å². The molecule has 25 valence electrons. The third-order valence-corrected chi connectivity index (χ3v) is 0.118. The molecule has 2 N–H and O–H groups in total. The molecule has 0 rings (SSSR count). The predicted molar refractivity (Wildman–Crippen MR) is 15.5 cm³/mol. The van der Waals surface area contributed by atoms with E-state index in [4.69, 9.17) is 0 Å². The van der Waals surface area contributed by atoms with Crippen molar-refractivity contribution in [1.82, 2.24) is 0 Å². The van der Waals surface area contributed by atoms with Gasteiger partial charge in [-0.05, 0) is 6.92 Å². The molecule has 0 fully saturated rings. The molecule has 0 saturated carbocycles.